The fourth-order valence-corrected chi connectivity index (χ4v) is 1.16. The number of hydrogen-bond acceptors (Lipinski definition) is 3. The molecule has 0 saturated heterocycles. The lowest BCUT2D eigenvalue weighted by Gasteiger charge is -2.02. The van der Waals surface area contributed by atoms with Crippen LogP contribution < -0.4 is 5.32 Å². The minimum atomic E-state index is -0.211. The largest absolute Gasteiger partial charge is 0.345 e. The second-order valence-electron chi connectivity index (χ2n) is 2.98. The first kappa shape index (κ1) is 9.39. The Balaban J connectivity index is 1.92. The lowest BCUT2D eigenvalue weighted by atomic mass is 10.3. The molecule has 0 aliphatic heterocycles. The van der Waals surface area contributed by atoms with Crippen LogP contribution >= 0.6 is 0 Å². The van der Waals surface area contributed by atoms with E-state index < -0.39 is 0 Å². The van der Waals surface area contributed by atoms with E-state index in [4.69, 9.17) is 0 Å². The normalized spacial score (nSPS) is 9.87. The number of aromatic amines is 1. The van der Waals surface area contributed by atoms with E-state index in [1.807, 2.05) is 12.1 Å². The molecule has 0 aliphatic carbocycles. The molecule has 0 radical (unpaired) electrons. The van der Waals surface area contributed by atoms with Gasteiger partial charge in [-0.05, 0) is 17.7 Å². The van der Waals surface area contributed by atoms with Crippen LogP contribution in [0.2, 0.25) is 0 Å². The second-order valence-corrected chi connectivity index (χ2v) is 2.98. The number of H-pyrrole nitrogens is 1. The van der Waals surface area contributed by atoms with Crippen molar-refractivity contribution in [3.05, 3.63) is 48.3 Å². The van der Waals surface area contributed by atoms with Crippen LogP contribution in [-0.2, 0) is 6.54 Å². The van der Waals surface area contributed by atoms with Crippen molar-refractivity contribution < 1.29 is 4.79 Å². The summed E-state index contributed by atoms with van der Waals surface area (Å²) >= 11 is 0. The van der Waals surface area contributed by atoms with Crippen molar-refractivity contribution in [2.75, 3.05) is 0 Å². The van der Waals surface area contributed by atoms with Crippen LogP contribution in [0.5, 0.6) is 0 Å². The van der Waals surface area contributed by atoms with Crippen molar-refractivity contribution >= 4 is 5.91 Å². The third-order valence-corrected chi connectivity index (χ3v) is 1.92. The number of pyridine rings is 1. The number of nitrogens with zero attached hydrogens (tertiary/aromatic N) is 2. The van der Waals surface area contributed by atoms with Crippen LogP contribution in [-0.4, -0.2) is 20.9 Å². The predicted octanol–water partition coefficient (Wildman–Crippen LogP) is 0.735. The molecule has 0 bridgehead atoms. The number of imidazole rings is 1. The highest BCUT2D eigenvalue weighted by Gasteiger charge is 2.06. The van der Waals surface area contributed by atoms with Crippen molar-refractivity contribution in [2.24, 2.45) is 0 Å². The third kappa shape index (κ3) is 2.40. The minimum absolute atomic E-state index is 0.211. The van der Waals surface area contributed by atoms with Crippen LogP contribution in [0.4, 0.5) is 0 Å². The molecule has 2 N–H and O–H groups in total. The Morgan fingerprint density at radius 3 is 2.80 bits per heavy atom. The van der Waals surface area contributed by atoms with E-state index in [0.717, 1.165) is 5.56 Å². The molecule has 5 nitrogen and oxygen atoms in total. The highest BCUT2D eigenvalue weighted by atomic mass is 16.2. The molecule has 0 unspecified atom stereocenters. The summed E-state index contributed by atoms with van der Waals surface area (Å²) in [6.45, 7) is 0.474. The zero-order valence-electron chi connectivity index (χ0n) is 7.97. The molecule has 0 atom stereocenters. The number of amides is 1. The smallest absolute Gasteiger partial charge is 0.287 e. The van der Waals surface area contributed by atoms with E-state index in [-0.39, 0.29) is 5.91 Å². The summed E-state index contributed by atoms with van der Waals surface area (Å²) in [6.07, 6.45) is 6.53. The van der Waals surface area contributed by atoms with Gasteiger partial charge in [0.05, 0.1) is 0 Å². The quantitative estimate of drug-likeness (QED) is 0.771. The molecule has 2 rings (SSSR count). The maximum atomic E-state index is 11.5. The summed E-state index contributed by atoms with van der Waals surface area (Å²) < 4.78 is 0. The number of hydrogen-bond donors (Lipinski definition) is 2. The van der Waals surface area contributed by atoms with Crippen LogP contribution in [0.25, 0.3) is 0 Å². The average molecular weight is 202 g/mol. The standard InChI is InChI=1S/C10H10N4O/c15-10(9-12-5-6-13-9)14-7-8-1-3-11-4-2-8/h1-6H,7H2,(H,12,13)(H,14,15). The SMILES string of the molecule is O=C(NCc1ccncc1)c1ncc[nH]1. The zero-order chi connectivity index (χ0) is 10.5. The van der Waals surface area contributed by atoms with Crippen molar-refractivity contribution in [1.29, 1.82) is 0 Å². The molecule has 0 aromatic carbocycles. The Morgan fingerprint density at radius 1 is 1.33 bits per heavy atom. The van der Waals surface area contributed by atoms with Gasteiger partial charge in [-0.2, -0.15) is 0 Å². The van der Waals surface area contributed by atoms with Gasteiger partial charge < -0.3 is 10.3 Å². The molecule has 0 fully saturated rings. The summed E-state index contributed by atoms with van der Waals surface area (Å²) in [6, 6.07) is 3.70. The van der Waals surface area contributed by atoms with Gasteiger partial charge in [-0.1, -0.05) is 0 Å². The van der Waals surface area contributed by atoms with Gasteiger partial charge in [-0.3, -0.25) is 9.78 Å². The highest BCUT2D eigenvalue weighted by Crippen LogP contribution is 1.96. The molecule has 15 heavy (non-hydrogen) atoms. The van der Waals surface area contributed by atoms with Crippen LogP contribution in [0, 0.1) is 0 Å². The van der Waals surface area contributed by atoms with Crippen molar-refractivity contribution in [3.8, 4) is 0 Å². The topological polar surface area (TPSA) is 70.7 Å². The summed E-state index contributed by atoms with van der Waals surface area (Å²) in [5.41, 5.74) is 1.00. The van der Waals surface area contributed by atoms with Gasteiger partial charge in [0.15, 0.2) is 5.82 Å². The Labute approximate surface area is 86.6 Å². The van der Waals surface area contributed by atoms with Crippen LogP contribution in [0.15, 0.2) is 36.9 Å². The summed E-state index contributed by atoms with van der Waals surface area (Å²) in [4.78, 5) is 21.9. The van der Waals surface area contributed by atoms with Crippen LogP contribution in [0.1, 0.15) is 16.2 Å². The predicted molar refractivity (Wildman–Crippen MR) is 54.0 cm³/mol. The fourth-order valence-electron chi connectivity index (χ4n) is 1.16. The van der Waals surface area contributed by atoms with E-state index in [2.05, 4.69) is 20.3 Å². The van der Waals surface area contributed by atoms with E-state index in [1.165, 1.54) is 0 Å². The Kier molecular flexibility index (Phi) is 2.73. The third-order valence-electron chi connectivity index (χ3n) is 1.92. The highest BCUT2D eigenvalue weighted by molar-refractivity contribution is 5.90. The number of carbonyl (C=O) groups is 1. The lowest BCUT2D eigenvalue weighted by molar-refractivity contribution is 0.0941. The van der Waals surface area contributed by atoms with E-state index in [0.29, 0.717) is 12.4 Å². The number of rotatable bonds is 3. The van der Waals surface area contributed by atoms with Gasteiger partial charge in [0.2, 0.25) is 0 Å². The van der Waals surface area contributed by atoms with Gasteiger partial charge in [0, 0.05) is 31.3 Å². The molecule has 0 spiro atoms. The summed E-state index contributed by atoms with van der Waals surface area (Å²) in [7, 11) is 0. The molecule has 2 aromatic rings. The average Bonchev–Trinajstić information content (AvgIpc) is 2.81. The molecule has 5 heteroatoms. The number of nitrogens with one attached hydrogen (secondary N) is 2. The maximum Gasteiger partial charge on any atom is 0.287 e. The van der Waals surface area contributed by atoms with E-state index >= 15 is 0 Å². The Morgan fingerprint density at radius 2 is 2.13 bits per heavy atom. The number of aromatic nitrogens is 3. The molecule has 2 aromatic heterocycles. The van der Waals surface area contributed by atoms with Gasteiger partial charge >= 0.3 is 0 Å². The molecule has 2 heterocycles. The first-order valence-electron chi connectivity index (χ1n) is 4.53. The van der Waals surface area contributed by atoms with Crippen molar-refractivity contribution in [1.82, 2.24) is 20.3 Å². The molecular formula is C10H10N4O. The van der Waals surface area contributed by atoms with Crippen LogP contribution in [0.3, 0.4) is 0 Å². The first-order valence-corrected chi connectivity index (χ1v) is 4.53. The second kappa shape index (κ2) is 4.36. The minimum Gasteiger partial charge on any atom is -0.345 e. The fraction of sp³-hybridized carbons (Fsp3) is 0.100. The molecule has 0 aliphatic rings. The van der Waals surface area contributed by atoms with Gasteiger partial charge in [0.25, 0.3) is 5.91 Å². The molecule has 0 saturated carbocycles. The van der Waals surface area contributed by atoms with Crippen molar-refractivity contribution in [3.63, 3.8) is 0 Å². The lowest BCUT2D eigenvalue weighted by Crippen LogP contribution is -2.23. The van der Waals surface area contributed by atoms with E-state index in [1.54, 1.807) is 24.8 Å². The van der Waals surface area contributed by atoms with Crippen molar-refractivity contribution in [2.45, 2.75) is 6.54 Å². The first-order chi connectivity index (χ1) is 7.36. The summed E-state index contributed by atoms with van der Waals surface area (Å²) in [5, 5.41) is 2.74. The Bertz CT molecular complexity index is 424. The number of carbonyl (C=O) groups excluding carboxylic acids is 1. The summed E-state index contributed by atoms with van der Waals surface area (Å²) in [5.74, 6) is 0.112. The van der Waals surface area contributed by atoms with Gasteiger partial charge in [-0.15, -0.1) is 0 Å². The monoisotopic (exact) mass is 202 g/mol. The zero-order valence-corrected chi connectivity index (χ0v) is 7.97. The Hall–Kier alpha value is -2.17. The van der Waals surface area contributed by atoms with Gasteiger partial charge in [-0.25, -0.2) is 4.98 Å². The molecule has 76 valence electrons. The maximum absolute atomic E-state index is 11.5. The molecule has 1 amide bonds. The van der Waals surface area contributed by atoms with E-state index in [9.17, 15) is 4.79 Å². The van der Waals surface area contributed by atoms with Gasteiger partial charge in [0.1, 0.15) is 0 Å². The molecular weight excluding hydrogens is 192 g/mol.